The lowest BCUT2D eigenvalue weighted by Gasteiger charge is -2.42. The molecule has 4 aromatic rings. The van der Waals surface area contributed by atoms with Crippen LogP contribution in [-0.4, -0.2) is 76.9 Å². The Bertz CT molecular complexity index is 2010. The van der Waals surface area contributed by atoms with Crippen molar-refractivity contribution in [1.82, 2.24) is 25.5 Å². The molecule has 3 aromatic carbocycles. The zero-order chi connectivity index (χ0) is 39.7. The van der Waals surface area contributed by atoms with E-state index in [0.29, 0.717) is 35.4 Å². The first-order valence-electron chi connectivity index (χ1n) is 20.3. The highest BCUT2D eigenvalue weighted by Crippen LogP contribution is 2.31. The third-order valence-electron chi connectivity index (χ3n) is 11.7. The van der Waals surface area contributed by atoms with Crippen LogP contribution in [0.4, 0.5) is 26.1 Å². The van der Waals surface area contributed by atoms with Gasteiger partial charge in [0.05, 0.1) is 11.9 Å². The number of aromatic nitrogens is 2. The molecule has 3 saturated heterocycles. The summed E-state index contributed by atoms with van der Waals surface area (Å²) in [6, 6.07) is 22.8. The fourth-order valence-electron chi connectivity index (χ4n) is 8.51. The van der Waals surface area contributed by atoms with E-state index in [9.17, 15) is 18.8 Å². The maximum atomic E-state index is 15.0. The van der Waals surface area contributed by atoms with Crippen LogP contribution >= 0.6 is 0 Å². The van der Waals surface area contributed by atoms with Crippen molar-refractivity contribution in [3.8, 4) is 22.4 Å². The van der Waals surface area contributed by atoms with E-state index in [2.05, 4.69) is 35.7 Å². The Hall–Kier alpha value is -5.43. The summed E-state index contributed by atoms with van der Waals surface area (Å²) in [5.74, 6) is -0.960. The fourth-order valence-corrected chi connectivity index (χ4v) is 8.51. The molecular formula is C44H52F2N8O3. The Morgan fingerprint density at radius 2 is 1.49 bits per heavy atom. The molecule has 1 atom stereocenters. The molecule has 57 heavy (non-hydrogen) atoms. The van der Waals surface area contributed by atoms with Gasteiger partial charge in [-0.05, 0) is 93.4 Å². The zero-order valence-electron chi connectivity index (χ0n) is 32.3. The first kappa shape index (κ1) is 39.8. The van der Waals surface area contributed by atoms with Crippen LogP contribution in [0, 0.1) is 17.6 Å². The van der Waals surface area contributed by atoms with E-state index in [-0.39, 0.29) is 47.5 Å². The molecular weight excluding hydrogens is 727 g/mol. The van der Waals surface area contributed by atoms with Crippen molar-refractivity contribution in [2.75, 3.05) is 42.1 Å². The Morgan fingerprint density at radius 1 is 0.772 bits per heavy atom. The maximum Gasteiger partial charge on any atom is 0.249 e. The van der Waals surface area contributed by atoms with E-state index in [1.54, 1.807) is 18.2 Å². The van der Waals surface area contributed by atoms with E-state index in [1.807, 2.05) is 48.5 Å². The van der Waals surface area contributed by atoms with Gasteiger partial charge in [0.2, 0.25) is 23.7 Å². The molecule has 300 valence electrons. The Balaban J connectivity index is 0.000000208. The number of rotatable bonds is 8. The van der Waals surface area contributed by atoms with Gasteiger partial charge in [-0.15, -0.1) is 0 Å². The summed E-state index contributed by atoms with van der Waals surface area (Å²) in [6.45, 7) is 3.51. The standard InChI is InChI=1S/C28H40FN5O3.C16H12FN3/c29-23-18-21(30-24-7-9-26(35)32-28(24)37)6-8-25(23)34-16-12-22(13-17-34)33-14-10-19(11-15-33)27(36)31-20-4-2-1-3-5-20;17-14-10-19-16(18)20-15(14)13-8-4-7-12(9-13)11-5-2-1-3-6-11/h6,8,18-20,22,24,30H,1-5,7,9-17H2,(H,31,36)(H,32,35,37);1-10H,(H2,18,19,20). The van der Waals surface area contributed by atoms with E-state index >= 15 is 4.39 Å². The van der Waals surface area contributed by atoms with Gasteiger partial charge in [-0.25, -0.2) is 18.7 Å². The van der Waals surface area contributed by atoms with E-state index in [4.69, 9.17) is 5.73 Å². The number of hydrogen-bond acceptors (Lipinski definition) is 9. The lowest BCUT2D eigenvalue weighted by molar-refractivity contribution is -0.133. The number of amides is 3. The summed E-state index contributed by atoms with van der Waals surface area (Å²) in [6.07, 6.45) is 11.6. The predicted octanol–water partition coefficient (Wildman–Crippen LogP) is 6.70. The molecule has 1 aromatic heterocycles. The third-order valence-corrected chi connectivity index (χ3v) is 11.7. The predicted molar refractivity (Wildman–Crippen MR) is 218 cm³/mol. The van der Waals surface area contributed by atoms with Gasteiger partial charge >= 0.3 is 0 Å². The number of benzene rings is 3. The lowest BCUT2D eigenvalue weighted by Crippen LogP contribution is -2.50. The Kier molecular flexibility index (Phi) is 13.0. The summed E-state index contributed by atoms with van der Waals surface area (Å²) in [4.78, 5) is 48.3. The molecule has 3 aliphatic heterocycles. The van der Waals surface area contributed by atoms with Crippen molar-refractivity contribution in [3.05, 3.63) is 90.6 Å². The summed E-state index contributed by atoms with van der Waals surface area (Å²) >= 11 is 0. The minimum atomic E-state index is -0.527. The van der Waals surface area contributed by atoms with Crippen LogP contribution in [0.5, 0.6) is 0 Å². The van der Waals surface area contributed by atoms with Crippen LogP contribution in [0.25, 0.3) is 22.4 Å². The van der Waals surface area contributed by atoms with Gasteiger partial charge in [0.15, 0.2) is 5.82 Å². The monoisotopic (exact) mass is 778 g/mol. The van der Waals surface area contributed by atoms with Crippen LogP contribution < -0.4 is 26.6 Å². The molecule has 1 saturated carbocycles. The number of nitrogens with zero attached hydrogens (tertiary/aromatic N) is 4. The van der Waals surface area contributed by atoms with Crippen molar-refractivity contribution in [3.63, 3.8) is 0 Å². The van der Waals surface area contributed by atoms with Crippen LogP contribution in [-0.2, 0) is 14.4 Å². The number of hydrogen-bond donors (Lipinski definition) is 4. The van der Waals surface area contributed by atoms with Crippen LogP contribution in [0.15, 0.2) is 79.0 Å². The largest absolute Gasteiger partial charge is 0.374 e. The Labute approximate surface area is 332 Å². The summed E-state index contributed by atoms with van der Waals surface area (Å²) < 4.78 is 28.8. The lowest BCUT2D eigenvalue weighted by atomic mass is 9.91. The van der Waals surface area contributed by atoms with Gasteiger partial charge in [0.1, 0.15) is 17.6 Å². The number of anilines is 3. The van der Waals surface area contributed by atoms with Crippen LogP contribution in [0.2, 0.25) is 0 Å². The molecule has 0 radical (unpaired) electrons. The number of likely N-dealkylation sites (tertiary alicyclic amines) is 1. The van der Waals surface area contributed by atoms with E-state index in [0.717, 1.165) is 82.0 Å². The molecule has 4 aliphatic rings. The average molecular weight is 779 g/mol. The highest BCUT2D eigenvalue weighted by atomic mass is 19.1. The van der Waals surface area contributed by atoms with E-state index in [1.165, 1.54) is 25.3 Å². The smallest absolute Gasteiger partial charge is 0.249 e. The summed E-state index contributed by atoms with van der Waals surface area (Å²) in [5.41, 5.74) is 9.62. The van der Waals surface area contributed by atoms with Crippen LogP contribution in [0.1, 0.15) is 70.6 Å². The van der Waals surface area contributed by atoms with Gasteiger partial charge in [-0.1, -0.05) is 67.8 Å². The summed E-state index contributed by atoms with van der Waals surface area (Å²) in [7, 11) is 0. The fraction of sp³-hybridized carbons (Fsp3) is 0.432. The number of carbonyl (C=O) groups excluding carboxylic acids is 3. The second-order valence-corrected chi connectivity index (χ2v) is 15.6. The van der Waals surface area contributed by atoms with Crippen molar-refractivity contribution < 1.29 is 23.2 Å². The second kappa shape index (κ2) is 18.7. The van der Waals surface area contributed by atoms with Gasteiger partial charge in [-0.2, -0.15) is 0 Å². The molecule has 0 spiro atoms. The average Bonchev–Trinajstić information content (AvgIpc) is 3.24. The molecule has 1 aliphatic carbocycles. The molecule has 13 heteroatoms. The number of carbonyl (C=O) groups is 3. The van der Waals surface area contributed by atoms with Gasteiger partial charge in [0.25, 0.3) is 0 Å². The quantitative estimate of drug-likeness (QED) is 0.144. The normalized spacial score (nSPS) is 20.0. The maximum absolute atomic E-state index is 15.0. The van der Waals surface area contributed by atoms with Crippen molar-refractivity contribution >= 4 is 35.0 Å². The van der Waals surface area contributed by atoms with Gasteiger partial charge in [-0.3, -0.25) is 19.7 Å². The third kappa shape index (κ3) is 10.3. The SMILES string of the molecule is Nc1ncc(F)c(-c2cccc(-c3ccccc3)c2)n1.O=C1CCC(Nc2ccc(N3CCC(N4CCC(C(=O)NC5CCCCC5)CC4)CC3)c(F)c2)C(=O)N1. The molecule has 3 amide bonds. The minimum Gasteiger partial charge on any atom is -0.374 e. The Morgan fingerprint density at radius 3 is 2.21 bits per heavy atom. The topological polar surface area (TPSA) is 146 Å². The molecule has 4 heterocycles. The van der Waals surface area contributed by atoms with Gasteiger partial charge in [0, 0.05) is 48.8 Å². The number of halogens is 2. The van der Waals surface area contributed by atoms with Crippen molar-refractivity contribution in [2.24, 2.45) is 5.92 Å². The number of nitrogen functional groups attached to an aromatic ring is 1. The molecule has 8 rings (SSSR count). The summed E-state index contributed by atoms with van der Waals surface area (Å²) in [5, 5.41) is 8.67. The number of nitrogens with two attached hydrogens (primary N) is 1. The highest BCUT2D eigenvalue weighted by Gasteiger charge is 2.32. The molecule has 11 nitrogen and oxygen atoms in total. The van der Waals surface area contributed by atoms with Crippen LogP contribution in [0.3, 0.4) is 0 Å². The second-order valence-electron chi connectivity index (χ2n) is 15.6. The molecule has 0 bridgehead atoms. The molecule has 1 unspecified atom stereocenters. The zero-order valence-corrected chi connectivity index (χ0v) is 32.3. The molecule has 4 fully saturated rings. The van der Waals surface area contributed by atoms with Crippen molar-refractivity contribution in [1.29, 1.82) is 0 Å². The number of nitrogens with one attached hydrogen (secondary N) is 3. The highest BCUT2D eigenvalue weighted by molar-refractivity contribution is 6.01. The number of imide groups is 1. The number of piperidine rings is 3. The van der Waals surface area contributed by atoms with Crippen molar-refractivity contribution in [2.45, 2.75) is 88.8 Å². The minimum absolute atomic E-state index is 0.0616. The molecule has 5 N–H and O–H groups in total. The van der Waals surface area contributed by atoms with Gasteiger partial charge < -0.3 is 26.2 Å². The first-order valence-corrected chi connectivity index (χ1v) is 20.3. The first-order chi connectivity index (χ1) is 27.7. The van der Waals surface area contributed by atoms with E-state index < -0.39 is 11.9 Å².